The Balaban J connectivity index is 1.56. The monoisotopic (exact) mass is 298 g/mol. The van der Waals surface area contributed by atoms with Crippen LogP contribution in [0.1, 0.15) is 35.8 Å². The highest BCUT2D eigenvalue weighted by atomic mass is 16.3. The van der Waals surface area contributed by atoms with E-state index in [4.69, 9.17) is 4.42 Å². The molecule has 0 saturated heterocycles. The van der Waals surface area contributed by atoms with E-state index < -0.39 is 0 Å². The molecule has 0 saturated carbocycles. The summed E-state index contributed by atoms with van der Waals surface area (Å²) in [5.41, 5.74) is 2.64. The van der Waals surface area contributed by atoms with Gasteiger partial charge in [-0.3, -0.25) is 9.69 Å². The molecule has 2 aromatic rings. The van der Waals surface area contributed by atoms with Gasteiger partial charge in [0.05, 0.1) is 25.4 Å². The van der Waals surface area contributed by atoms with Crippen molar-refractivity contribution in [3.8, 4) is 0 Å². The summed E-state index contributed by atoms with van der Waals surface area (Å²) in [6.45, 7) is 1.01. The SMILES string of the molecule is CN(CC(=O)N[C@H]1CCCc2ccccc21)Cc1ccco1. The molecule has 0 radical (unpaired) electrons. The average molecular weight is 298 g/mol. The zero-order valence-corrected chi connectivity index (χ0v) is 12.9. The maximum Gasteiger partial charge on any atom is 0.234 e. The van der Waals surface area contributed by atoms with Gasteiger partial charge in [-0.25, -0.2) is 0 Å². The Kier molecular flexibility index (Phi) is 4.59. The van der Waals surface area contributed by atoms with Crippen LogP contribution >= 0.6 is 0 Å². The summed E-state index contributed by atoms with van der Waals surface area (Å²) in [6, 6.07) is 12.3. The number of nitrogens with zero attached hydrogens (tertiary/aromatic N) is 1. The molecular formula is C18H22N2O2. The zero-order chi connectivity index (χ0) is 15.4. The Labute approximate surface area is 131 Å². The van der Waals surface area contributed by atoms with Crippen molar-refractivity contribution in [2.24, 2.45) is 0 Å². The van der Waals surface area contributed by atoms with Crippen LogP contribution in [0.15, 0.2) is 47.1 Å². The third-order valence-corrected chi connectivity index (χ3v) is 4.12. The Morgan fingerprint density at radius 1 is 1.32 bits per heavy atom. The van der Waals surface area contributed by atoms with Gasteiger partial charge in [0.1, 0.15) is 5.76 Å². The average Bonchev–Trinajstić information content (AvgIpc) is 3.00. The van der Waals surface area contributed by atoms with Gasteiger partial charge < -0.3 is 9.73 Å². The largest absolute Gasteiger partial charge is 0.468 e. The standard InChI is InChI=1S/C18H22N2O2/c1-20(12-15-8-5-11-22-15)13-18(21)19-17-10-4-7-14-6-2-3-9-16(14)17/h2-3,5-6,8-9,11,17H,4,7,10,12-13H2,1H3,(H,19,21)/t17-/m0/s1. The molecule has 1 heterocycles. The molecule has 1 N–H and O–H groups in total. The molecule has 1 aromatic carbocycles. The van der Waals surface area contributed by atoms with E-state index in [0.29, 0.717) is 13.1 Å². The number of aryl methyl sites for hydroxylation is 1. The van der Waals surface area contributed by atoms with Gasteiger partial charge in [-0.1, -0.05) is 24.3 Å². The molecule has 22 heavy (non-hydrogen) atoms. The number of fused-ring (bicyclic) bond motifs is 1. The highest BCUT2D eigenvalue weighted by molar-refractivity contribution is 5.78. The van der Waals surface area contributed by atoms with Crippen LogP contribution in [-0.4, -0.2) is 24.4 Å². The van der Waals surface area contributed by atoms with E-state index in [1.165, 1.54) is 11.1 Å². The van der Waals surface area contributed by atoms with Gasteiger partial charge in [-0.15, -0.1) is 0 Å². The quantitative estimate of drug-likeness (QED) is 0.923. The Bertz CT molecular complexity index is 622. The van der Waals surface area contributed by atoms with E-state index in [2.05, 4.69) is 23.5 Å². The Hall–Kier alpha value is -2.07. The van der Waals surface area contributed by atoms with Gasteiger partial charge in [0.15, 0.2) is 0 Å². The van der Waals surface area contributed by atoms with Crippen LogP contribution in [0, 0.1) is 0 Å². The fraction of sp³-hybridized carbons (Fsp3) is 0.389. The lowest BCUT2D eigenvalue weighted by Crippen LogP contribution is -2.38. The van der Waals surface area contributed by atoms with Crippen molar-refractivity contribution < 1.29 is 9.21 Å². The number of likely N-dealkylation sites (N-methyl/N-ethyl adjacent to an activating group) is 1. The van der Waals surface area contributed by atoms with Gasteiger partial charge in [-0.2, -0.15) is 0 Å². The van der Waals surface area contributed by atoms with E-state index in [1.54, 1.807) is 6.26 Å². The molecule has 1 aliphatic rings. The lowest BCUT2D eigenvalue weighted by molar-refractivity contribution is -0.122. The molecule has 0 bridgehead atoms. The molecule has 4 nitrogen and oxygen atoms in total. The van der Waals surface area contributed by atoms with Gasteiger partial charge in [0.25, 0.3) is 0 Å². The number of nitrogens with one attached hydrogen (secondary N) is 1. The van der Waals surface area contributed by atoms with Crippen LogP contribution < -0.4 is 5.32 Å². The lowest BCUT2D eigenvalue weighted by atomic mass is 9.88. The summed E-state index contributed by atoms with van der Waals surface area (Å²) in [5.74, 6) is 0.939. The molecule has 3 rings (SSSR count). The molecule has 0 spiro atoms. The predicted octanol–water partition coefficient (Wildman–Crippen LogP) is 2.91. The zero-order valence-electron chi connectivity index (χ0n) is 12.9. The molecule has 1 aromatic heterocycles. The van der Waals surface area contributed by atoms with Crippen molar-refractivity contribution in [2.75, 3.05) is 13.6 Å². The second kappa shape index (κ2) is 6.79. The number of carbonyl (C=O) groups is 1. The highest BCUT2D eigenvalue weighted by Gasteiger charge is 2.21. The van der Waals surface area contributed by atoms with Crippen molar-refractivity contribution in [3.05, 3.63) is 59.5 Å². The van der Waals surface area contributed by atoms with Crippen LogP contribution in [0.25, 0.3) is 0 Å². The topological polar surface area (TPSA) is 45.5 Å². The molecule has 1 atom stereocenters. The molecule has 4 heteroatoms. The first-order chi connectivity index (χ1) is 10.7. The summed E-state index contributed by atoms with van der Waals surface area (Å²) < 4.78 is 5.31. The van der Waals surface area contributed by atoms with Crippen LogP contribution in [0.4, 0.5) is 0 Å². The fourth-order valence-electron chi connectivity index (χ4n) is 3.11. The summed E-state index contributed by atoms with van der Waals surface area (Å²) in [6.07, 6.45) is 4.91. The maximum atomic E-state index is 12.3. The maximum absolute atomic E-state index is 12.3. The fourth-order valence-corrected chi connectivity index (χ4v) is 3.11. The third kappa shape index (κ3) is 3.57. The van der Waals surface area contributed by atoms with Crippen LogP contribution in [0.5, 0.6) is 0 Å². The molecular weight excluding hydrogens is 276 g/mol. The lowest BCUT2D eigenvalue weighted by Gasteiger charge is -2.27. The Morgan fingerprint density at radius 2 is 2.18 bits per heavy atom. The van der Waals surface area contributed by atoms with E-state index in [0.717, 1.165) is 25.0 Å². The first kappa shape index (κ1) is 14.9. The number of hydrogen-bond donors (Lipinski definition) is 1. The van der Waals surface area contributed by atoms with E-state index in [1.807, 2.05) is 30.1 Å². The van der Waals surface area contributed by atoms with Crippen molar-refractivity contribution in [2.45, 2.75) is 31.8 Å². The highest BCUT2D eigenvalue weighted by Crippen LogP contribution is 2.29. The molecule has 0 aliphatic heterocycles. The number of amides is 1. The second-order valence-corrected chi connectivity index (χ2v) is 5.96. The minimum atomic E-state index is 0.0655. The second-order valence-electron chi connectivity index (χ2n) is 5.96. The molecule has 1 amide bonds. The molecule has 116 valence electrons. The number of rotatable bonds is 5. The van der Waals surface area contributed by atoms with Crippen LogP contribution in [0.3, 0.4) is 0 Å². The van der Waals surface area contributed by atoms with Gasteiger partial charge in [-0.05, 0) is 49.6 Å². The summed E-state index contributed by atoms with van der Waals surface area (Å²) in [7, 11) is 1.93. The first-order valence-electron chi connectivity index (χ1n) is 7.80. The predicted molar refractivity (Wildman–Crippen MR) is 85.3 cm³/mol. The number of carbonyl (C=O) groups excluding carboxylic acids is 1. The number of furan rings is 1. The van der Waals surface area contributed by atoms with E-state index >= 15 is 0 Å². The van der Waals surface area contributed by atoms with Gasteiger partial charge in [0, 0.05) is 0 Å². The van der Waals surface area contributed by atoms with E-state index in [9.17, 15) is 4.79 Å². The first-order valence-corrected chi connectivity index (χ1v) is 7.80. The van der Waals surface area contributed by atoms with Crippen molar-refractivity contribution in [1.82, 2.24) is 10.2 Å². The van der Waals surface area contributed by atoms with Crippen LogP contribution in [-0.2, 0) is 17.8 Å². The number of hydrogen-bond acceptors (Lipinski definition) is 3. The molecule has 0 fully saturated rings. The van der Waals surface area contributed by atoms with E-state index in [-0.39, 0.29) is 11.9 Å². The summed E-state index contributed by atoms with van der Waals surface area (Å²) in [4.78, 5) is 14.2. The minimum Gasteiger partial charge on any atom is -0.468 e. The third-order valence-electron chi connectivity index (χ3n) is 4.12. The summed E-state index contributed by atoms with van der Waals surface area (Å²) >= 11 is 0. The Morgan fingerprint density at radius 3 is 3.00 bits per heavy atom. The molecule has 0 unspecified atom stereocenters. The van der Waals surface area contributed by atoms with Crippen molar-refractivity contribution in [3.63, 3.8) is 0 Å². The van der Waals surface area contributed by atoms with Crippen LogP contribution in [0.2, 0.25) is 0 Å². The molecule has 1 aliphatic carbocycles. The normalized spacial score (nSPS) is 17.3. The smallest absolute Gasteiger partial charge is 0.234 e. The number of benzene rings is 1. The summed E-state index contributed by atoms with van der Waals surface area (Å²) in [5, 5.41) is 3.17. The minimum absolute atomic E-state index is 0.0655. The van der Waals surface area contributed by atoms with Gasteiger partial charge in [0.2, 0.25) is 5.91 Å². The van der Waals surface area contributed by atoms with Crippen molar-refractivity contribution in [1.29, 1.82) is 0 Å². The van der Waals surface area contributed by atoms with Crippen molar-refractivity contribution >= 4 is 5.91 Å². The van der Waals surface area contributed by atoms with Gasteiger partial charge >= 0.3 is 0 Å².